The highest BCUT2D eigenvalue weighted by Gasteiger charge is 2.20. The molecule has 0 saturated carbocycles. The van der Waals surface area contributed by atoms with Gasteiger partial charge in [0, 0.05) is 16.0 Å². The van der Waals surface area contributed by atoms with E-state index in [2.05, 4.69) is 9.71 Å². The van der Waals surface area contributed by atoms with Gasteiger partial charge in [0.15, 0.2) is 0 Å². The average Bonchev–Trinajstić information content (AvgIpc) is 3.01. The van der Waals surface area contributed by atoms with Gasteiger partial charge in [-0.25, -0.2) is 13.4 Å². The average molecular weight is 409 g/mol. The lowest BCUT2D eigenvalue weighted by Gasteiger charge is -2.14. The fourth-order valence-electron chi connectivity index (χ4n) is 2.50. The number of benzene rings is 2. The molecular formula is C18H17ClN2O3S2. The molecule has 0 aliphatic heterocycles. The van der Waals surface area contributed by atoms with Gasteiger partial charge in [-0.3, -0.25) is 4.72 Å². The smallest absolute Gasteiger partial charge is 0.262 e. The molecule has 0 unspecified atom stereocenters. The van der Waals surface area contributed by atoms with Gasteiger partial charge in [-0.2, -0.15) is 0 Å². The van der Waals surface area contributed by atoms with Crippen LogP contribution in [0.25, 0.3) is 11.3 Å². The van der Waals surface area contributed by atoms with Crippen LogP contribution in [-0.2, 0) is 10.0 Å². The number of aryl methyl sites for hydroxylation is 2. The first-order valence-corrected chi connectivity index (χ1v) is 10.4. The van der Waals surface area contributed by atoms with Crippen LogP contribution in [0.3, 0.4) is 0 Å². The second-order valence-electron chi connectivity index (χ2n) is 5.68. The number of rotatable bonds is 5. The predicted octanol–water partition coefficient (Wildman–Crippen LogP) is 4.89. The number of halogens is 1. The minimum absolute atomic E-state index is 0.183. The Hall–Kier alpha value is -2.09. The molecule has 0 bridgehead atoms. The van der Waals surface area contributed by atoms with Crippen LogP contribution in [0.4, 0.5) is 5.69 Å². The molecule has 1 heterocycles. The molecule has 0 aliphatic rings. The van der Waals surface area contributed by atoms with Crippen molar-refractivity contribution >= 4 is 38.6 Å². The minimum atomic E-state index is -3.83. The molecule has 0 radical (unpaired) electrons. The van der Waals surface area contributed by atoms with Gasteiger partial charge in [0.1, 0.15) is 5.75 Å². The first kappa shape index (κ1) is 18.7. The Morgan fingerprint density at radius 3 is 2.58 bits per heavy atom. The maximum absolute atomic E-state index is 13.0. The number of aromatic nitrogens is 1. The number of hydrogen-bond acceptors (Lipinski definition) is 5. The summed E-state index contributed by atoms with van der Waals surface area (Å²) in [4.78, 5) is 4.61. The monoisotopic (exact) mass is 408 g/mol. The zero-order chi connectivity index (χ0) is 18.9. The summed E-state index contributed by atoms with van der Waals surface area (Å²) in [6.45, 7) is 3.66. The molecule has 0 saturated heterocycles. The SMILES string of the molecule is COc1ccc(Cl)cc1NS(=O)(=O)c1cc(-c2csc(C)n2)ccc1C. The fourth-order valence-corrected chi connectivity index (χ4v) is 4.63. The lowest BCUT2D eigenvalue weighted by Crippen LogP contribution is -2.15. The number of anilines is 1. The standard InChI is InChI=1S/C18H17ClN2O3S2/c1-11-4-5-13(16-10-25-12(2)20-16)8-18(11)26(22,23)21-15-9-14(19)6-7-17(15)24-3/h4-10,21H,1-3H3. The third kappa shape index (κ3) is 3.85. The number of methoxy groups -OCH3 is 1. The zero-order valence-electron chi connectivity index (χ0n) is 14.4. The molecule has 2 aromatic carbocycles. The highest BCUT2D eigenvalue weighted by atomic mass is 35.5. The van der Waals surface area contributed by atoms with Crippen LogP contribution < -0.4 is 9.46 Å². The quantitative estimate of drug-likeness (QED) is 0.652. The summed E-state index contributed by atoms with van der Waals surface area (Å²) in [5.74, 6) is 0.391. The number of hydrogen-bond donors (Lipinski definition) is 1. The molecule has 1 aromatic heterocycles. The van der Waals surface area contributed by atoms with E-state index in [1.165, 1.54) is 24.5 Å². The van der Waals surface area contributed by atoms with Crippen LogP contribution in [0.2, 0.25) is 5.02 Å². The van der Waals surface area contributed by atoms with Crippen LogP contribution >= 0.6 is 22.9 Å². The summed E-state index contributed by atoms with van der Waals surface area (Å²) in [6.07, 6.45) is 0. The topological polar surface area (TPSA) is 68.3 Å². The van der Waals surface area contributed by atoms with Gasteiger partial charge in [-0.05, 0) is 43.7 Å². The van der Waals surface area contributed by atoms with Crippen molar-refractivity contribution in [1.29, 1.82) is 0 Å². The Morgan fingerprint density at radius 1 is 1.15 bits per heavy atom. The van der Waals surface area contributed by atoms with E-state index in [1.807, 2.05) is 18.4 Å². The van der Waals surface area contributed by atoms with E-state index in [0.717, 1.165) is 16.3 Å². The van der Waals surface area contributed by atoms with Crippen LogP contribution in [0.5, 0.6) is 5.75 Å². The Balaban J connectivity index is 2.03. The molecule has 26 heavy (non-hydrogen) atoms. The second kappa shape index (κ2) is 7.26. The molecule has 8 heteroatoms. The van der Waals surface area contributed by atoms with Crippen LogP contribution in [-0.4, -0.2) is 20.5 Å². The van der Waals surface area contributed by atoms with Crippen molar-refractivity contribution in [3.63, 3.8) is 0 Å². The van der Waals surface area contributed by atoms with Crippen molar-refractivity contribution < 1.29 is 13.2 Å². The lowest BCUT2D eigenvalue weighted by molar-refractivity contribution is 0.417. The Labute approximate surface area is 161 Å². The number of nitrogens with zero attached hydrogens (tertiary/aromatic N) is 1. The van der Waals surface area contributed by atoms with Crippen molar-refractivity contribution in [3.8, 4) is 17.0 Å². The number of ether oxygens (including phenoxy) is 1. The summed E-state index contributed by atoms with van der Waals surface area (Å²) in [6, 6.07) is 10.0. The molecule has 3 aromatic rings. The van der Waals surface area contributed by atoms with Gasteiger partial charge >= 0.3 is 0 Å². The number of thiazole rings is 1. The van der Waals surface area contributed by atoms with Gasteiger partial charge in [0.25, 0.3) is 10.0 Å². The summed E-state index contributed by atoms with van der Waals surface area (Å²) in [5, 5.41) is 3.24. The largest absolute Gasteiger partial charge is 0.495 e. The molecular weight excluding hydrogens is 392 g/mol. The summed E-state index contributed by atoms with van der Waals surface area (Å²) < 4.78 is 33.7. The van der Waals surface area contributed by atoms with Crippen molar-refractivity contribution in [2.75, 3.05) is 11.8 Å². The number of nitrogens with one attached hydrogen (secondary N) is 1. The zero-order valence-corrected chi connectivity index (χ0v) is 16.8. The highest BCUT2D eigenvalue weighted by molar-refractivity contribution is 7.92. The van der Waals surface area contributed by atoms with Crippen LogP contribution in [0.15, 0.2) is 46.7 Å². The molecule has 0 aliphatic carbocycles. The van der Waals surface area contributed by atoms with E-state index in [4.69, 9.17) is 16.3 Å². The minimum Gasteiger partial charge on any atom is -0.495 e. The highest BCUT2D eigenvalue weighted by Crippen LogP contribution is 2.32. The van der Waals surface area contributed by atoms with Gasteiger partial charge in [-0.15, -0.1) is 11.3 Å². The van der Waals surface area contributed by atoms with Gasteiger partial charge in [-0.1, -0.05) is 23.7 Å². The Kier molecular flexibility index (Phi) is 5.22. The van der Waals surface area contributed by atoms with Crippen LogP contribution in [0, 0.1) is 13.8 Å². The van der Waals surface area contributed by atoms with Gasteiger partial charge in [0.2, 0.25) is 0 Å². The summed E-state index contributed by atoms with van der Waals surface area (Å²) in [5.41, 5.74) is 2.42. The third-order valence-electron chi connectivity index (χ3n) is 3.80. The molecule has 136 valence electrons. The predicted molar refractivity (Wildman–Crippen MR) is 106 cm³/mol. The fraction of sp³-hybridized carbons (Fsp3) is 0.167. The molecule has 0 atom stereocenters. The van der Waals surface area contributed by atoms with E-state index in [9.17, 15) is 8.42 Å². The normalized spacial score (nSPS) is 11.4. The maximum atomic E-state index is 13.0. The van der Waals surface area contributed by atoms with Crippen molar-refractivity contribution in [2.45, 2.75) is 18.7 Å². The van der Waals surface area contributed by atoms with Crippen LogP contribution in [0.1, 0.15) is 10.6 Å². The molecule has 1 N–H and O–H groups in total. The van der Waals surface area contributed by atoms with Gasteiger partial charge in [0.05, 0.1) is 28.4 Å². The number of sulfonamides is 1. The Morgan fingerprint density at radius 2 is 1.92 bits per heavy atom. The Bertz CT molecular complexity index is 1060. The van der Waals surface area contributed by atoms with E-state index in [1.54, 1.807) is 31.2 Å². The molecule has 0 fully saturated rings. The second-order valence-corrected chi connectivity index (χ2v) is 8.83. The maximum Gasteiger partial charge on any atom is 0.262 e. The molecule has 5 nitrogen and oxygen atoms in total. The van der Waals surface area contributed by atoms with Crippen molar-refractivity contribution in [2.24, 2.45) is 0 Å². The summed E-state index contributed by atoms with van der Waals surface area (Å²) in [7, 11) is -2.36. The van der Waals surface area contributed by atoms with Gasteiger partial charge < -0.3 is 4.74 Å². The first-order chi connectivity index (χ1) is 12.3. The van der Waals surface area contributed by atoms with E-state index >= 15 is 0 Å². The molecule has 0 amide bonds. The van der Waals surface area contributed by atoms with E-state index in [-0.39, 0.29) is 10.6 Å². The molecule has 3 rings (SSSR count). The third-order valence-corrected chi connectivity index (χ3v) is 6.31. The first-order valence-electron chi connectivity index (χ1n) is 7.69. The van der Waals surface area contributed by atoms with E-state index < -0.39 is 10.0 Å². The van der Waals surface area contributed by atoms with E-state index in [0.29, 0.717) is 16.3 Å². The molecule has 0 spiro atoms. The summed E-state index contributed by atoms with van der Waals surface area (Å²) >= 11 is 7.51. The lowest BCUT2D eigenvalue weighted by atomic mass is 10.1. The van der Waals surface area contributed by atoms with Crippen molar-refractivity contribution in [3.05, 3.63) is 57.4 Å². The van der Waals surface area contributed by atoms with Crippen molar-refractivity contribution in [1.82, 2.24) is 4.98 Å².